The minimum Gasteiger partial charge on any atom is -0.503 e. The number of aromatic hydroxyl groups is 1. The molecule has 0 saturated carbocycles. The van der Waals surface area contributed by atoms with E-state index in [4.69, 9.17) is 9.47 Å². The molecule has 0 aromatic carbocycles. The van der Waals surface area contributed by atoms with Crippen molar-refractivity contribution >= 4 is 11.9 Å². The minimum atomic E-state index is -0.857. The zero-order valence-corrected chi connectivity index (χ0v) is 14.1. The van der Waals surface area contributed by atoms with E-state index >= 15 is 0 Å². The summed E-state index contributed by atoms with van der Waals surface area (Å²) in [7, 11) is 1.37. The summed E-state index contributed by atoms with van der Waals surface area (Å²) in [4.78, 5) is 27.9. The number of nitrogens with zero attached hydrogens (tertiary/aromatic N) is 1. The Morgan fingerprint density at radius 2 is 1.96 bits per heavy atom. The Labute approximate surface area is 136 Å². The fourth-order valence-corrected chi connectivity index (χ4v) is 2.10. The molecule has 0 bridgehead atoms. The first kappa shape index (κ1) is 18.7. The van der Waals surface area contributed by atoms with Crippen LogP contribution in [0, 0.1) is 5.92 Å². The van der Waals surface area contributed by atoms with Crippen LogP contribution in [-0.2, 0) is 9.53 Å². The first-order valence-corrected chi connectivity index (χ1v) is 7.49. The number of hydrogen-bond acceptors (Lipinski definition) is 6. The number of rotatable bonds is 7. The summed E-state index contributed by atoms with van der Waals surface area (Å²) in [5.41, 5.74) is -0.209. The van der Waals surface area contributed by atoms with Crippen molar-refractivity contribution in [2.24, 2.45) is 5.92 Å². The lowest BCUT2D eigenvalue weighted by molar-refractivity contribution is -0.150. The van der Waals surface area contributed by atoms with Crippen LogP contribution in [0.15, 0.2) is 12.3 Å². The maximum absolute atomic E-state index is 12.1. The Bertz CT molecular complexity index is 559. The second-order valence-electron chi connectivity index (χ2n) is 5.78. The molecular weight excluding hydrogens is 300 g/mol. The Kier molecular flexibility index (Phi) is 6.81. The highest BCUT2D eigenvalue weighted by molar-refractivity contribution is 5.97. The summed E-state index contributed by atoms with van der Waals surface area (Å²) >= 11 is 0. The van der Waals surface area contributed by atoms with Gasteiger partial charge in [0.2, 0.25) is 0 Å². The Morgan fingerprint density at radius 1 is 1.30 bits per heavy atom. The Morgan fingerprint density at radius 3 is 2.52 bits per heavy atom. The van der Waals surface area contributed by atoms with Crippen LogP contribution in [0.4, 0.5) is 0 Å². The number of aromatic nitrogens is 1. The smallest absolute Gasteiger partial charge is 0.328 e. The molecule has 0 spiro atoms. The number of carbonyl (C=O) groups is 2. The van der Waals surface area contributed by atoms with Gasteiger partial charge in [-0.15, -0.1) is 0 Å². The monoisotopic (exact) mass is 324 g/mol. The van der Waals surface area contributed by atoms with Gasteiger partial charge in [0.15, 0.2) is 17.2 Å². The molecule has 0 aliphatic heterocycles. The van der Waals surface area contributed by atoms with E-state index in [9.17, 15) is 14.7 Å². The first-order chi connectivity index (χ1) is 10.8. The molecule has 0 saturated heterocycles. The van der Waals surface area contributed by atoms with Gasteiger partial charge in [0.25, 0.3) is 5.91 Å². The maximum atomic E-state index is 12.1. The van der Waals surface area contributed by atoms with Gasteiger partial charge in [-0.25, -0.2) is 9.78 Å². The van der Waals surface area contributed by atoms with Gasteiger partial charge in [-0.05, 0) is 26.2 Å². The Hall–Kier alpha value is -2.31. The van der Waals surface area contributed by atoms with Gasteiger partial charge < -0.3 is 19.9 Å². The van der Waals surface area contributed by atoms with E-state index in [0.717, 1.165) is 6.42 Å². The molecule has 7 nitrogen and oxygen atoms in total. The average Bonchev–Trinajstić information content (AvgIpc) is 2.46. The summed E-state index contributed by atoms with van der Waals surface area (Å²) < 4.78 is 10.2. The van der Waals surface area contributed by atoms with E-state index in [2.05, 4.69) is 10.3 Å². The highest BCUT2D eigenvalue weighted by atomic mass is 16.5. The standard InChI is InChI=1S/C16H24N2O5/c1-9(2)8-10(3)23-16(21)11(4)18-15(20)13-14(19)12(22-5)6-7-17-13/h6-7,9-11,19H,8H2,1-5H3,(H,18,20)/t10-,11-/m0/s1. The predicted molar refractivity (Wildman–Crippen MR) is 84.4 cm³/mol. The lowest BCUT2D eigenvalue weighted by Gasteiger charge is -2.19. The van der Waals surface area contributed by atoms with E-state index < -0.39 is 17.9 Å². The molecule has 0 unspecified atom stereocenters. The fourth-order valence-electron chi connectivity index (χ4n) is 2.10. The third kappa shape index (κ3) is 5.43. The van der Waals surface area contributed by atoms with Crippen LogP contribution in [0.25, 0.3) is 0 Å². The summed E-state index contributed by atoms with van der Waals surface area (Å²) in [5.74, 6) is -1.05. The van der Waals surface area contributed by atoms with Crippen molar-refractivity contribution in [2.45, 2.75) is 46.3 Å². The van der Waals surface area contributed by atoms with Crippen LogP contribution in [0.5, 0.6) is 11.5 Å². The number of pyridine rings is 1. The summed E-state index contributed by atoms with van der Waals surface area (Å²) in [6, 6.07) is 0.571. The number of carbonyl (C=O) groups excluding carboxylic acids is 2. The lowest BCUT2D eigenvalue weighted by atomic mass is 10.1. The van der Waals surface area contributed by atoms with Crippen molar-refractivity contribution < 1.29 is 24.2 Å². The molecule has 0 aliphatic rings. The largest absolute Gasteiger partial charge is 0.503 e. The SMILES string of the molecule is COc1ccnc(C(=O)N[C@@H](C)C(=O)O[C@@H](C)CC(C)C)c1O. The van der Waals surface area contributed by atoms with Crippen LogP contribution >= 0.6 is 0 Å². The zero-order valence-electron chi connectivity index (χ0n) is 14.1. The topological polar surface area (TPSA) is 97.8 Å². The molecule has 128 valence electrons. The molecule has 0 fully saturated rings. The van der Waals surface area contributed by atoms with Crippen molar-refractivity contribution in [1.29, 1.82) is 0 Å². The van der Waals surface area contributed by atoms with Crippen LogP contribution in [-0.4, -0.2) is 41.2 Å². The van der Waals surface area contributed by atoms with E-state index in [1.54, 1.807) is 0 Å². The van der Waals surface area contributed by atoms with Gasteiger partial charge in [0.05, 0.1) is 13.2 Å². The molecule has 2 atom stereocenters. The molecule has 1 aromatic rings. The first-order valence-electron chi connectivity index (χ1n) is 7.49. The Balaban J connectivity index is 2.68. The highest BCUT2D eigenvalue weighted by Crippen LogP contribution is 2.27. The molecule has 7 heteroatoms. The summed E-state index contributed by atoms with van der Waals surface area (Å²) in [6.45, 7) is 7.39. The number of ether oxygens (including phenoxy) is 2. The van der Waals surface area contributed by atoms with Crippen LogP contribution in [0.2, 0.25) is 0 Å². The van der Waals surface area contributed by atoms with Crippen LogP contribution < -0.4 is 10.1 Å². The third-order valence-corrected chi connectivity index (χ3v) is 3.14. The quantitative estimate of drug-likeness (QED) is 0.743. The molecular formula is C16H24N2O5. The zero-order chi connectivity index (χ0) is 17.6. The number of nitrogens with one attached hydrogen (secondary N) is 1. The second kappa shape index (κ2) is 8.36. The lowest BCUT2D eigenvalue weighted by Crippen LogP contribution is -2.41. The van der Waals surface area contributed by atoms with Crippen molar-refractivity contribution in [3.05, 3.63) is 18.0 Å². The maximum Gasteiger partial charge on any atom is 0.328 e. The molecule has 2 N–H and O–H groups in total. The molecule has 1 aromatic heterocycles. The van der Waals surface area contributed by atoms with Gasteiger partial charge in [-0.1, -0.05) is 13.8 Å². The number of hydrogen-bond donors (Lipinski definition) is 2. The van der Waals surface area contributed by atoms with E-state index in [1.807, 2.05) is 20.8 Å². The van der Waals surface area contributed by atoms with E-state index in [-0.39, 0.29) is 23.3 Å². The minimum absolute atomic E-state index is 0.130. The van der Waals surface area contributed by atoms with Crippen molar-refractivity contribution in [3.8, 4) is 11.5 Å². The van der Waals surface area contributed by atoms with Crippen molar-refractivity contribution in [3.63, 3.8) is 0 Å². The molecule has 23 heavy (non-hydrogen) atoms. The molecule has 1 heterocycles. The van der Waals surface area contributed by atoms with E-state index in [0.29, 0.717) is 5.92 Å². The normalized spacial score (nSPS) is 13.3. The number of esters is 1. The molecule has 0 radical (unpaired) electrons. The van der Waals surface area contributed by atoms with Gasteiger partial charge in [0, 0.05) is 12.3 Å². The number of amides is 1. The molecule has 1 amide bonds. The summed E-state index contributed by atoms with van der Waals surface area (Å²) in [5, 5.41) is 12.3. The van der Waals surface area contributed by atoms with Crippen molar-refractivity contribution in [2.75, 3.05) is 7.11 Å². The summed E-state index contributed by atoms with van der Waals surface area (Å²) in [6.07, 6.45) is 1.84. The molecule has 0 aliphatic carbocycles. The highest BCUT2D eigenvalue weighted by Gasteiger charge is 2.23. The predicted octanol–water partition coefficient (Wildman–Crippen LogP) is 1.89. The van der Waals surface area contributed by atoms with Gasteiger partial charge in [0.1, 0.15) is 6.04 Å². The molecule has 1 rings (SSSR count). The van der Waals surface area contributed by atoms with E-state index in [1.165, 1.54) is 26.3 Å². The fraction of sp³-hybridized carbons (Fsp3) is 0.562. The van der Waals surface area contributed by atoms with Gasteiger partial charge in [-0.2, -0.15) is 0 Å². The van der Waals surface area contributed by atoms with Gasteiger partial charge in [-0.3, -0.25) is 4.79 Å². The third-order valence-electron chi connectivity index (χ3n) is 3.14. The second-order valence-corrected chi connectivity index (χ2v) is 5.78. The van der Waals surface area contributed by atoms with Crippen LogP contribution in [0.1, 0.15) is 44.6 Å². The van der Waals surface area contributed by atoms with Gasteiger partial charge >= 0.3 is 5.97 Å². The van der Waals surface area contributed by atoms with Crippen molar-refractivity contribution in [1.82, 2.24) is 10.3 Å². The average molecular weight is 324 g/mol. The number of methoxy groups -OCH3 is 1. The van der Waals surface area contributed by atoms with Crippen LogP contribution in [0.3, 0.4) is 0 Å².